The van der Waals surface area contributed by atoms with E-state index >= 15 is 0 Å². The minimum absolute atomic E-state index is 0.0832. The van der Waals surface area contributed by atoms with Crippen LogP contribution in [0.2, 0.25) is 0 Å². The van der Waals surface area contributed by atoms with Crippen LogP contribution in [0.1, 0.15) is 38.2 Å². The molecule has 2 saturated heterocycles. The maximum absolute atomic E-state index is 12.5. The number of nitrogens with zero attached hydrogens (tertiary/aromatic N) is 2. The lowest BCUT2D eigenvalue weighted by Gasteiger charge is -2.31. The Kier molecular flexibility index (Phi) is 6.21. The summed E-state index contributed by atoms with van der Waals surface area (Å²) in [6.45, 7) is 7.43. The lowest BCUT2D eigenvalue weighted by Crippen LogP contribution is -2.34. The molecule has 0 N–H and O–H groups in total. The van der Waals surface area contributed by atoms with Crippen molar-refractivity contribution in [3.63, 3.8) is 0 Å². The van der Waals surface area contributed by atoms with Gasteiger partial charge in [-0.05, 0) is 73.5 Å². The Labute approximate surface area is 190 Å². The van der Waals surface area contributed by atoms with Crippen LogP contribution in [0, 0.1) is 5.92 Å². The second-order valence-electron chi connectivity index (χ2n) is 9.25. The quantitative estimate of drug-likeness (QED) is 0.675. The molecule has 170 valence electrons. The van der Waals surface area contributed by atoms with Crippen molar-refractivity contribution in [2.45, 2.75) is 39.2 Å². The van der Waals surface area contributed by atoms with Crippen molar-refractivity contribution in [3.05, 3.63) is 42.0 Å². The minimum atomic E-state index is 0.0832. The average Bonchev–Trinajstić information content (AvgIpc) is 3.50. The molecule has 6 heteroatoms. The summed E-state index contributed by atoms with van der Waals surface area (Å²) in [6.07, 6.45) is 4.71. The number of rotatable bonds is 6. The molecular formula is C26H32N2O4. The van der Waals surface area contributed by atoms with E-state index in [1.165, 1.54) is 12.8 Å². The van der Waals surface area contributed by atoms with Crippen molar-refractivity contribution < 1.29 is 19.0 Å². The van der Waals surface area contributed by atoms with Crippen molar-refractivity contribution in [2.24, 2.45) is 5.92 Å². The van der Waals surface area contributed by atoms with E-state index in [0.29, 0.717) is 5.92 Å². The number of hydrogen-bond acceptors (Lipinski definition) is 5. The van der Waals surface area contributed by atoms with Gasteiger partial charge in [-0.3, -0.25) is 9.69 Å². The van der Waals surface area contributed by atoms with Crippen LogP contribution in [0.5, 0.6) is 17.2 Å². The van der Waals surface area contributed by atoms with Crippen molar-refractivity contribution in [1.82, 2.24) is 9.80 Å². The summed E-state index contributed by atoms with van der Waals surface area (Å²) in [6, 6.07) is 12.3. The first kappa shape index (κ1) is 21.1. The van der Waals surface area contributed by atoms with Crippen molar-refractivity contribution in [1.29, 1.82) is 0 Å². The van der Waals surface area contributed by atoms with E-state index in [4.69, 9.17) is 14.2 Å². The topological polar surface area (TPSA) is 51.2 Å². The molecule has 32 heavy (non-hydrogen) atoms. The number of piperidine rings is 1. The summed E-state index contributed by atoms with van der Waals surface area (Å²) in [5, 5.41) is 0. The standard InChI is InChI=1S/C26H32N2O4/c1-19-5-4-10-27(15-19)16-22-13-20(21-7-9-24-25(14-21)32-18-31-24)6-8-23(22)30-17-26(29)28-11-2-3-12-28/h6-9,13-14,19H,2-5,10-12,15-18H2,1H3/t19-/m1/s1. The first-order chi connectivity index (χ1) is 15.7. The molecule has 0 spiro atoms. The van der Waals surface area contributed by atoms with Gasteiger partial charge in [0.25, 0.3) is 5.91 Å². The highest BCUT2D eigenvalue weighted by Gasteiger charge is 2.21. The number of carbonyl (C=O) groups is 1. The molecule has 0 radical (unpaired) electrons. The zero-order chi connectivity index (χ0) is 21.9. The Morgan fingerprint density at radius 3 is 2.62 bits per heavy atom. The number of benzene rings is 2. The molecule has 2 aromatic rings. The van der Waals surface area contributed by atoms with Gasteiger partial charge in [0, 0.05) is 31.7 Å². The van der Waals surface area contributed by atoms with Crippen LogP contribution in [-0.2, 0) is 11.3 Å². The number of hydrogen-bond donors (Lipinski definition) is 0. The molecule has 0 aromatic heterocycles. The highest BCUT2D eigenvalue weighted by molar-refractivity contribution is 5.78. The van der Waals surface area contributed by atoms with E-state index in [9.17, 15) is 4.79 Å². The predicted octanol–water partition coefficient (Wildman–Crippen LogP) is 4.32. The molecule has 6 nitrogen and oxygen atoms in total. The fraction of sp³-hybridized carbons (Fsp3) is 0.500. The van der Waals surface area contributed by atoms with Crippen LogP contribution in [-0.4, -0.2) is 55.3 Å². The van der Waals surface area contributed by atoms with Crippen molar-refractivity contribution in [3.8, 4) is 28.4 Å². The maximum Gasteiger partial charge on any atom is 0.260 e. The molecule has 3 aliphatic heterocycles. The monoisotopic (exact) mass is 436 g/mol. The van der Waals surface area contributed by atoms with E-state index in [2.05, 4.69) is 30.0 Å². The highest BCUT2D eigenvalue weighted by atomic mass is 16.7. The Hall–Kier alpha value is -2.73. The van der Waals surface area contributed by atoms with Gasteiger partial charge in [-0.15, -0.1) is 0 Å². The largest absolute Gasteiger partial charge is 0.483 e. The Balaban J connectivity index is 1.38. The van der Waals surface area contributed by atoms with Gasteiger partial charge in [0.1, 0.15) is 5.75 Å². The summed E-state index contributed by atoms with van der Waals surface area (Å²) < 4.78 is 17.1. The summed E-state index contributed by atoms with van der Waals surface area (Å²) in [5.74, 6) is 3.17. The molecule has 3 aliphatic rings. The Bertz CT molecular complexity index is 970. The summed E-state index contributed by atoms with van der Waals surface area (Å²) >= 11 is 0. The molecule has 2 fully saturated rings. The fourth-order valence-electron chi connectivity index (χ4n) is 4.97. The van der Waals surface area contributed by atoms with Gasteiger partial charge < -0.3 is 19.1 Å². The van der Waals surface area contributed by atoms with Gasteiger partial charge >= 0.3 is 0 Å². The van der Waals surface area contributed by atoms with E-state index < -0.39 is 0 Å². The second kappa shape index (κ2) is 9.41. The van der Waals surface area contributed by atoms with Gasteiger partial charge in [0.15, 0.2) is 18.1 Å². The van der Waals surface area contributed by atoms with Crippen LogP contribution in [0.4, 0.5) is 0 Å². The highest BCUT2D eigenvalue weighted by Crippen LogP contribution is 2.37. The lowest BCUT2D eigenvalue weighted by atomic mass is 9.98. The fourth-order valence-corrected chi connectivity index (χ4v) is 4.97. The van der Waals surface area contributed by atoms with E-state index in [1.54, 1.807) is 0 Å². The molecule has 3 heterocycles. The van der Waals surface area contributed by atoms with Gasteiger partial charge in [-0.25, -0.2) is 0 Å². The summed E-state index contributed by atoms with van der Waals surface area (Å²) in [5.41, 5.74) is 3.33. The molecule has 1 atom stereocenters. The van der Waals surface area contributed by atoms with E-state index in [1.807, 2.05) is 23.1 Å². The smallest absolute Gasteiger partial charge is 0.260 e. The van der Waals surface area contributed by atoms with Crippen LogP contribution >= 0.6 is 0 Å². The maximum atomic E-state index is 12.5. The zero-order valence-electron chi connectivity index (χ0n) is 18.8. The summed E-state index contributed by atoms with van der Waals surface area (Å²) in [4.78, 5) is 16.9. The average molecular weight is 437 g/mol. The zero-order valence-corrected chi connectivity index (χ0v) is 18.8. The SMILES string of the molecule is C[C@@H]1CCCN(Cc2cc(-c3ccc4c(c3)OCO4)ccc2OCC(=O)N2CCCC2)C1. The van der Waals surface area contributed by atoms with Gasteiger partial charge in [-0.1, -0.05) is 19.1 Å². The van der Waals surface area contributed by atoms with Gasteiger partial charge in [0.2, 0.25) is 6.79 Å². The number of amides is 1. The molecule has 5 rings (SSSR count). The van der Waals surface area contributed by atoms with Crippen molar-refractivity contribution in [2.75, 3.05) is 39.6 Å². The summed E-state index contributed by atoms with van der Waals surface area (Å²) in [7, 11) is 0. The molecule has 0 aliphatic carbocycles. The molecule has 0 unspecified atom stereocenters. The van der Waals surface area contributed by atoms with Gasteiger partial charge in [-0.2, -0.15) is 0 Å². The molecule has 2 aromatic carbocycles. The number of likely N-dealkylation sites (tertiary alicyclic amines) is 2. The number of fused-ring (bicyclic) bond motifs is 1. The van der Waals surface area contributed by atoms with E-state index in [-0.39, 0.29) is 19.3 Å². The first-order valence-electron chi connectivity index (χ1n) is 11.8. The van der Waals surface area contributed by atoms with E-state index in [0.717, 1.165) is 79.5 Å². The molecular weight excluding hydrogens is 404 g/mol. The minimum Gasteiger partial charge on any atom is -0.483 e. The third-order valence-electron chi connectivity index (χ3n) is 6.71. The van der Waals surface area contributed by atoms with Crippen LogP contribution in [0.25, 0.3) is 11.1 Å². The predicted molar refractivity (Wildman–Crippen MR) is 123 cm³/mol. The molecule has 1 amide bonds. The third-order valence-corrected chi connectivity index (χ3v) is 6.71. The number of ether oxygens (including phenoxy) is 3. The van der Waals surface area contributed by atoms with Crippen molar-refractivity contribution >= 4 is 5.91 Å². The van der Waals surface area contributed by atoms with Crippen LogP contribution < -0.4 is 14.2 Å². The molecule has 0 saturated carbocycles. The normalized spacial score (nSPS) is 20.5. The Morgan fingerprint density at radius 1 is 1.00 bits per heavy atom. The van der Waals surface area contributed by atoms with Crippen LogP contribution in [0.3, 0.4) is 0 Å². The number of carbonyl (C=O) groups excluding carboxylic acids is 1. The van der Waals surface area contributed by atoms with Gasteiger partial charge in [0.05, 0.1) is 0 Å². The lowest BCUT2D eigenvalue weighted by molar-refractivity contribution is -0.132. The third kappa shape index (κ3) is 4.70. The second-order valence-corrected chi connectivity index (χ2v) is 9.25. The molecule has 0 bridgehead atoms. The Morgan fingerprint density at radius 2 is 1.78 bits per heavy atom. The first-order valence-corrected chi connectivity index (χ1v) is 11.8. The van der Waals surface area contributed by atoms with Crippen LogP contribution in [0.15, 0.2) is 36.4 Å².